The van der Waals surface area contributed by atoms with Crippen molar-refractivity contribution in [1.82, 2.24) is 5.32 Å². The lowest BCUT2D eigenvalue weighted by Crippen LogP contribution is -2.24. The van der Waals surface area contributed by atoms with Crippen molar-refractivity contribution in [3.63, 3.8) is 0 Å². The second-order valence-corrected chi connectivity index (χ2v) is 3.89. The Morgan fingerprint density at radius 1 is 1.31 bits per heavy atom. The van der Waals surface area contributed by atoms with E-state index in [-0.39, 0.29) is 0 Å². The highest BCUT2D eigenvalue weighted by Gasteiger charge is 1.93. The molecule has 1 N–H and O–H groups in total. The molecule has 1 aromatic rings. The van der Waals surface area contributed by atoms with Crippen molar-refractivity contribution in [2.75, 3.05) is 13.7 Å². The molecule has 0 aliphatic heterocycles. The highest BCUT2D eigenvalue weighted by atomic mass is 16.5. The van der Waals surface area contributed by atoms with Gasteiger partial charge in [-0.25, -0.2) is 0 Å². The average Bonchev–Trinajstić information content (AvgIpc) is 2.35. The largest absolute Gasteiger partial charge is 0.497 e. The van der Waals surface area contributed by atoms with Gasteiger partial charge in [-0.3, -0.25) is 0 Å². The van der Waals surface area contributed by atoms with Crippen LogP contribution in [0.4, 0.5) is 0 Å². The first-order chi connectivity index (χ1) is 7.76. The molecule has 0 fully saturated rings. The molecule has 0 saturated heterocycles. The molecular formula is C14H21NO. The van der Waals surface area contributed by atoms with Gasteiger partial charge in [-0.05, 0) is 31.0 Å². The monoisotopic (exact) mass is 219 g/mol. The number of benzene rings is 1. The van der Waals surface area contributed by atoms with Gasteiger partial charge in [0.15, 0.2) is 0 Å². The summed E-state index contributed by atoms with van der Waals surface area (Å²) in [6, 6.07) is 8.64. The summed E-state index contributed by atoms with van der Waals surface area (Å²) in [7, 11) is 1.68. The molecule has 1 atom stereocenters. The van der Waals surface area contributed by atoms with Crippen molar-refractivity contribution in [3.05, 3.63) is 35.9 Å². The van der Waals surface area contributed by atoms with E-state index < -0.39 is 0 Å². The smallest absolute Gasteiger partial charge is 0.118 e. The van der Waals surface area contributed by atoms with Crippen molar-refractivity contribution >= 4 is 6.08 Å². The van der Waals surface area contributed by atoms with Crippen LogP contribution in [0, 0.1) is 0 Å². The molecule has 0 aliphatic rings. The SMILES string of the molecule is CCC(C)NCC=Cc1ccc(OC)cc1. The molecule has 16 heavy (non-hydrogen) atoms. The minimum atomic E-state index is 0.584. The van der Waals surface area contributed by atoms with Gasteiger partial charge < -0.3 is 10.1 Å². The zero-order valence-electron chi connectivity index (χ0n) is 10.4. The number of hydrogen-bond acceptors (Lipinski definition) is 2. The van der Waals surface area contributed by atoms with Crippen LogP contribution in [0.2, 0.25) is 0 Å². The number of methoxy groups -OCH3 is 1. The zero-order valence-corrected chi connectivity index (χ0v) is 10.4. The molecule has 0 radical (unpaired) electrons. The lowest BCUT2D eigenvalue weighted by atomic mass is 10.2. The molecule has 0 spiro atoms. The van der Waals surface area contributed by atoms with Gasteiger partial charge in [-0.2, -0.15) is 0 Å². The van der Waals surface area contributed by atoms with Crippen LogP contribution in [0.25, 0.3) is 6.08 Å². The van der Waals surface area contributed by atoms with Crippen molar-refractivity contribution in [1.29, 1.82) is 0 Å². The summed E-state index contributed by atoms with van der Waals surface area (Å²) >= 11 is 0. The second kappa shape index (κ2) is 7.07. The maximum absolute atomic E-state index is 5.10. The molecule has 0 aliphatic carbocycles. The van der Waals surface area contributed by atoms with Crippen LogP contribution in [0.15, 0.2) is 30.3 Å². The van der Waals surface area contributed by atoms with Crippen LogP contribution < -0.4 is 10.1 Å². The van der Waals surface area contributed by atoms with Crippen LogP contribution in [0.1, 0.15) is 25.8 Å². The van der Waals surface area contributed by atoms with E-state index in [4.69, 9.17) is 4.74 Å². The van der Waals surface area contributed by atoms with Gasteiger partial charge in [-0.15, -0.1) is 0 Å². The van der Waals surface area contributed by atoms with Gasteiger partial charge in [0, 0.05) is 12.6 Å². The first-order valence-electron chi connectivity index (χ1n) is 5.80. The van der Waals surface area contributed by atoms with Gasteiger partial charge in [0.2, 0.25) is 0 Å². The van der Waals surface area contributed by atoms with E-state index >= 15 is 0 Å². The highest BCUT2D eigenvalue weighted by Crippen LogP contribution is 2.11. The summed E-state index contributed by atoms with van der Waals surface area (Å²) in [4.78, 5) is 0. The first kappa shape index (κ1) is 12.8. The minimum Gasteiger partial charge on any atom is -0.497 e. The number of nitrogens with one attached hydrogen (secondary N) is 1. The predicted octanol–water partition coefficient (Wildman–Crippen LogP) is 3.10. The fraction of sp³-hybridized carbons (Fsp3) is 0.429. The number of hydrogen-bond donors (Lipinski definition) is 1. The van der Waals surface area contributed by atoms with E-state index in [1.165, 1.54) is 5.56 Å². The maximum atomic E-state index is 5.10. The average molecular weight is 219 g/mol. The third-order valence-electron chi connectivity index (χ3n) is 2.62. The zero-order chi connectivity index (χ0) is 11.8. The highest BCUT2D eigenvalue weighted by molar-refractivity contribution is 5.50. The lowest BCUT2D eigenvalue weighted by molar-refractivity contribution is 0.415. The summed E-state index contributed by atoms with van der Waals surface area (Å²) < 4.78 is 5.10. The van der Waals surface area contributed by atoms with Crippen molar-refractivity contribution < 1.29 is 4.74 Å². The van der Waals surface area contributed by atoms with Crippen molar-refractivity contribution in [2.24, 2.45) is 0 Å². The number of ether oxygens (including phenoxy) is 1. The topological polar surface area (TPSA) is 21.3 Å². The Labute approximate surface area is 98.3 Å². The molecule has 0 heterocycles. The molecule has 0 aromatic heterocycles. The second-order valence-electron chi connectivity index (χ2n) is 3.89. The Balaban J connectivity index is 2.38. The van der Waals surface area contributed by atoms with Gasteiger partial charge in [0.05, 0.1) is 7.11 Å². The van der Waals surface area contributed by atoms with E-state index in [9.17, 15) is 0 Å². The molecule has 1 aromatic carbocycles. The molecule has 1 rings (SSSR count). The van der Waals surface area contributed by atoms with E-state index in [1.807, 2.05) is 12.1 Å². The summed E-state index contributed by atoms with van der Waals surface area (Å²) in [6.07, 6.45) is 5.43. The quantitative estimate of drug-likeness (QED) is 0.793. The van der Waals surface area contributed by atoms with E-state index in [0.717, 1.165) is 18.7 Å². The fourth-order valence-corrected chi connectivity index (χ4v) is 1.32. The van der Waals surface area contributed by atoms with Crippen LogP contribution in [-0.4, -0.2) is 19.7 Å². The summed E-state index contributed by atoms with van der Waals surface area (Å²) in [5.74, 6) is 0.898. The van der Waals surface area contributed by atoms with Gasteiger partial charge in [0.25, 0.3) is 0 Å². The molecule has 1 unspecified atom stereocenters. The van der Waals surface area contributed by atoms with Crippen LogP contribution in [0.3, 0.4) is 0 Å². The van der Waals surface area contributed by atoms with Crippen LogP contribution >= 0.6 is 0 Å². The van der Waals surface area contributed by atoms with Gasteiger partial charge in [0.1, 0.15) is 5.75 Å². The van der Waals surface area contributed by atoms with Gasteiger partial charge in [-0.1, -0.05) is 31.2 Å². The van der Waals surface area contributed by atoms with Crippen molar-refractivity contribution in [3.8, 4) is 5.75 Å². The summed E-state index contributed by atoms with van der Waals surface area (Å²) in [5.41, 5.74) is 1.20. The van der Waals surface area contributed by atoms with Crippen molar-refractivity contribution in [2.45, 2.75) is 26.3 Å². The molecule has 0 amide bonds. The Bertz CT molecular complexity index is 316. The minimum absolute atomic E-state index is 0.584. The maximum Gasteiger partial charge on any atom is 0.118 e. The lowest BCUT2D eigenvalue weighted by Gasteiger charge is -2.07. The molecule has 2 nitrogen and oxygen atoms in total. The molecule has 2 heteroatoms. The van der Waals surface area contributed by atoms with Gasteiger partial charge >= 0.3 is 0 Å². The van der Waals surface area contributed by atoms with E-state index in [0.29, 0.717) is 6.04 Å². The number of rotatable bonds is 6. The Morgan fingerprint density at radius 2 is 2.00 bits per heavy atom. The summed E-state index contributed by atoms with van der Waals surface area (Å²) in [6.45, 7) is 5.30. The Kier molecular flexibility index (Phi) is 5.65. The third-order valence-corrected chi connectivity index (χ3v) is 2.62. The normalized spacial score (nSPS) is 12.9. The summed E-state index contributed by atoms with van der Waals surface area (Å²) in [5, 5.41) is 3.41. The third kappa shape index (κ3) is 4.49. The predicted molar refractivity (Wildman–Crippen MR) is 69.8 cm³/mol. The Morgan fingerprint density at radius 3 is 2.56 bits per heavy atom. The van der Waals surface area contributed by atoms with E-state index in [1.54, 1.807) is 7.11 Å². The van der Waals surface area contributed by atoms with Crippen LogP contribution in [-0.2, 0) is 0 Å². The molecular weight excluding hydrogens is 198 g/mol. The molecule has 0 saturated carbocycles. The first-order valence-corrected chi connectivity index (χ1v) is 5.80. The standard InChI is InChI=1S/C14H21NO/c1-4-12(2)15-11-5-6-13-7-9-14(16-3)10-8-13/h5-10,12,15H,4,11H2,1-3H3. The van der Waals surface area contributed by atoms with E-state index in [2.05, 4.69) is 43.4 Å². The molecule has 0 bridgehead atoms. The molecule has 88 valence electrons. The van der Waals surface area contributed by atoms with Crippen LogP contribution in [0.5, 0.6) is 5.75 Å². The Hall–Kier alpha value is -1.28. The fourth-order valence-electron chi connectivity index (χ4n) is 1.32.